The number of aryl methyl sites for hydroxylation is 1. The summed E-state index contributed by atoms with van der Waals surface area (Å²) in [5.74, 6) is 0.143. The van der Waals surface area contributed by atoms with Crippen LogP contribution in [0.3, 0.4) is 0 Å². The van der Waals surface area contributed by atoms with Crippen LogP contribution in [0.2, 0.25) is 0 Å². The highest BCUT2D eigenvalue weighted by atomic mass is 32.2. The first-order valence-corrected chi connectivity index (χ1v) is 10.9. The Morgan fingerprint density at radius 2 is 1.44 bits per heavy atom. The molecule has 0 unspecified atom stereocenters. The molecule has 27 heavy (non-hydrogen) atoms. The van der Waals surface area contributed by atoms with Crippen LogP contribution >= 0.6 is 0 Å². The van der Waals surface area contributed by atoms with E-state index in [9.17, 15) is 8.42 Å². The molecular formula is C18H34N6O2S. The lowest BCUT2D eigenvalue weighted by Crippen LogP contribution is -2.28. The molecule has 154 valence electrons. The highest BCUT2D eigenvalue weighted by Gasteiger charge is 2.12. The minimum Gasteiger partial charge on any atom is -0.370 e. The van der Waals surface area contributed by atoms with Gasteiger partial charge in [0.25, 0.3) is 0 Å². The molecule has 0 aromatic heterocycles. The number of nitrogens with zero attached hydrogens (tertiary/aromatic N) is 1. The van der Waals surface area contributed by atoms with Gasteiger partial charge in [-0.25, -0.2) is 13.1 Å². The van der Waals surface area contributed by atoms with Gasteiger partial charge >= 0.3 is 0 Å². The van der Waals surface area contributed by atoms with Crippen LogP contribution in [-0.2, 0) is 10.0 Å². The minimum absolute atomic E-state index is 0.143. The van der Waals surface area contributed by atoms with Gasteiger partial charge in [0.2, 0.25) is 10.0 Å². The fourth-order valence-electron chi connectivity index (χ4n) is 2.38. The van der Waals surface area contributed by atoms with Crippen molar-refractivity contribution in [3.05, 3.63) is 29.8 Å². The van der Waals surface area contributed by atoms with E-state index in [0.29, 0.717) is 18.0 Å². The first kappa shape index (κ1) is 23.4. The van der Waals surface area contributed by atoms with E-state index in [1.54, 1.807) is 24.3 Å². The standard InChI is InChI=1S/C18H34N6O2S/c1-16-6-8-17(9-7-16)27(25,26)24-15-5-13-22-11-3-2-10-21-12-4-14-23-18(19)20/h6-9,21-22,24H,2-5,10-15H2,1H3,(H4,19,20,23). The first-order valence-electron chi connectivity index (χ1n) is 9.45. The second-order valence-electron chi connectivity index (χ2n) is 6.43. The second-order valence-corrected chi connectivity index (χ2v) is 8.20. The summed E-state index contributed by atoms with van der Waals surface area (Å²) >= 11 is 0. The molecule has 0 aliphatic rings. The van der Waals surface area contributed by atoms with Gasteiger partial charge in [0.15, 0.2) is 5.96 Å². The zero-order chi connectivity index (χ0) is 20.0. The molecule has 0 aliphatic carbocycles. The van der Waals surface area contributed by atoms with Gasteiger partial charge in [0, 0.05) is 13.1 Å². The summed E-state index contributed by atoms with van der Waals surface area (Å²) in [6.07, 6.45) is 3.86. The SMILES string of the molecule is Cc1ccc(S(=O)(=O)NCCCNCCCCNCCCN=C(N)N)cc1. The number of nitrogens with one attached hydrogen (secondary N) is 3. The summed E-state index contributed by atoms with van der Waals surface area (Å²) in [4.78, 5) is 4.23. The molecule has 8 nitrogen and oxygen atoms in total. The lowest BCUT2D eigenvalue weighted by Gasteiger charge is -2.08. The van der Waals surface area contributed by atoms with E-state index in [1.165, 1.54) is 0 Å². The zero-order valence-corrected chi connectivity index (χ0v) is 17.0. The van der Waals surface area contributed by atoms with Crippen molar-refractivity contribution in [2.75, 3.05) is 39.3 Å². The molecule has 0 fully saturated rings. The predicted octanol–water partition coefficient (Wildman–Crippen LogP) is 0.286. The quantitative estimate of drug-likeness (QED) is 0.164. The number of sulfonamides is 1. The van der Waals surface area contributed by atoms with Crippen molar-refractivity contribution in [1.82, 2.24) is 15.4 Å². The average Bonchev–Trinajstić information content (AvgIpc) is 2.62. The first-order chi connectivity index (χ1) is 12.9. The van der Waals surface area contributed by atoms with E-state index in [4.69, 9.17) is 11.5 Å². The van der Waals surface area contributed by atoms with Gasteiger partial charge in [0.05, 0.1) is 4.90 Å². The summed E-state index contributed by atoms with van der Waals surface area (Å²) < 4.78 is 26.9. The molecule has 1 aromatic rings. The Balaban J connectivity index is 1.94. The fourth-order valence-corrected chi connectivity index (χ4v) is 3.46. The molecule has 0 bridgehead atoms. The number of guanidine groups is 1. The predicted molar refractivity (Wildman–Crippen MR) is 111 cm³/mol. The number of hydrogen-bond donors (Lipinski definition) is 5. The van der Waals surface area contributed by atoms with Crippen LogP contribution in [-0.4, -0.2) is 53.6 Å². The van der Waals surface area contributed by atoms with E-state index < -0.39 is 10.0 Å². The van der Waals surface area contributed by atoms with Gasteiger partial charge in [-0.15, -0.1) is 0 Å². The topological polar surface area (TPSA) is 135 Å². The van der Waals surface area contributed by atoms with Gasteiger partial charge < -0.3 is 22.1 Å². The highest BCUT2D eigenvalue weighted by molar-refractivity contribution is 7.89. The Bertz CT molecular complexity index is 642. The Kier molecular flexibility index (Phi) is 11.7. The van der Waals surface area contributed by atoms with Crippen LogP contribution in [0.25, 0.3) is 0 Å². The van der Waals surface area contributed by atoms with Crippen molar-refractivity contribution >= 4 is 16.0 Å². The molecule has 0 saturated carbocycles. The van der Waals surface area contributed by atoms with Crippen molar-refractivity contribution in [3.8, 4) is 0 Å². The summed E-state index contributed by atoms with van der Waals surface area (Å²) in [6, 6.07) is 6.86. The van der Waals surface area contributed by atoms with Crippen molar-refractivity contribution < 1.29 is 8.42 Å². The maximum atomic E-state index is 12.1. The van der Waals surface area contributed by atoms with Crippen LogP contribution in [0.5, 0.6) is 0 Å². The molecule has 0 amide bonds. The Morgan fingerprint density at radius 3 is 2.04 bits per heavy atom. The molecule has 0 spiro atoms. The van der Waals surface area contributed by atoms with Gasteiger partial charge in [0.1, 0.15) is 0 Å². The van der Waals surface area contributed by atoms with Gasteiger partial charge in [-0.3, -0.25) is 4.99 Å². The molecule has 9 heteroatoms. The monoisotopic (exact) mass is 398 g/mol. The summed E-state index contributed by atoms with van der Waals surface area (Å²) in [6.45, 7) is 6.62. The maximum absolute atomic E-state index is 12.1. The lowest BCUT2D eigenvalue weighted by molar-refractivity contribution is 0.558. The second kappa shape index (κ2) is 13.5. The van der Waals surface area contributed by atoms with E-state index in [2.05, 4.69) is 20.3 Å². The van der Waals surface area contributed by atoms with Crippen molar-refractivity contribution in [2.45, 2.75) is 37.5 Å². The van der Waals surface area contributed by atoms with Gasteiger partial charge in [-0.05, 0) is 70.9 Å². The normalized spacial score (nSPS) is 11.4. The fraction of sp³-hybridized carbons (Fsp3) is 0.611. The van der Waals surface area contributed by atoms with Gasteiger partial charge in [-0.1, -0.05) is 17.7 Å². The van der Waals surface area contributed by atoms with E-state index >= 15 is 0 Å². The van der Waals surface area contributed by atoms with E-state index in [1.807, 2.05) is 6.92 Å². The molecule has 0 atom stereocenters. The number of rotatable bonds is 15. The molecule has 0 saturated heterocycles. The minimum atomic E-state index is -3.40. The van der Waals surface area contributed by atoms with E-state index in [-0.39, 0.29) is 5.96 Å². The van der Waals surface area contributed by atoms with Gasteiger partial charge in [-0.2, -0.15) is 0 Å². The molecule has 0 aliphatic heterocycles. The number of nitrogens with two attached hydrogens (primary N) is 2. The van der Waals surface area contributed by atoms with E-state index in [0.717, 1.165) is 57.4 Å². The summed E-state index contributed by atoms with van der Waals surface area (Å²) in [7, 11) is -3.40. The largest absolute Gasteiger partial charge is 0.370 e. The summed E-state index contributed by atoms with van der Waals surface area (Å²) in [5, 5.41) is 6.68. The smallest absolute Gasteiger partial charge is 0.240 e. The number of unbranched alkanes of at least 4 members (excludes halogenated alkanes) is 1. The van der Waals surface area contributed by atoms with Crippen LogP contribution in [0.4, 0.5) is 0 Å². The maximum Gasteiger partial charge on any atom is 0.240 e. The molecule has 7 N–H and O–H groups in total. The van der Waals surface area contributed by atoms with Crippen LogP contribution in [0.1, 0.15) is 31.2 Å². The van der Waals surface area contributed by atoms with Crippen molar-refractivity contribution in [1.29, 1.82) is 0 Å². The van der Waals surface area contributed by atoms with Crippen molar-refractivity contribution in [2.24, 2.45) is 16.5 Å². The highest BCUT2D eigenvalue weighted by Crippen LogP contribution is 2.09. The number of hydrogen-bond acceptors (Lipinski definition) is 5. The average molecular weight is 399 g/mol. The Hall–Kier alpha value is -1.68. The third kappa shape index (κ3) is 11.6. The van der Waals surface area contributed by atoms with Crippen LogP contribution in [0.15, 0.2) is 34.2 Å². The Morgan fingerprint density at radius 1 is 0.889 bits per heavy atom. The van der Waals surface area contributed by atoms with Crippen molar-refractivity contribution in [3.63, 3.8) is 0 Å². The van der Waals surface area contributed by atoms with Crippen LogP contribution in [0, 0.1) is 6.92 Å². The molecule has 1 rings (SSSR count). The number of aliphatic imine (C=N–C) groups is 1. The third-order valence-corrected chi connectivity index (χ3v) is 5.39. The molecule has 1 aromatic carbocycles. The van der Waals surface area contributed by atoms with Crippen LogP contribution < -0.4 is 26.8 Å². The molecular weight excluding hydrogens is 364 g/mol. The zero-order valence-electron chi connectivity index (χ0n) is 16.2. The summed E-state index contributed by atoms with van der Waals surface area (Å²) in [5.41, 5.74) is 11.5. The molecule has 0 radical (unpaired) electrons. The number of benzene rings is 1. The lowest BCUT2D eigenvalue weighted by atomic mass is 10.2. The molecule has 0 heterocycles. The third-order valence-electron chi connectivity index (χ3n) is 3.92. The Labute approximate surface area is 163 Å².